The molecule has 0 spiro atoms. The number of carbonyl (C=O) groups is 3. The lowest BCUT2D eigenvalue weighted by atomic mass is 10.2. The summed E-state index contributed by atoms with van der Waals surface area (Å²) >= 11 is 0. The monoisotopic (exact) mass is 264 g/mol. The van der Waals surface area contributed by atoms with Crippen LogP contribution in [0.5, 0.6) is 0 Å². The molecule has 1 aromatic rings. The minimum atomic E-state index is -0.643. The first-order valence-corrected chi connectivity index (χ1v) is 5.52. The first-order chi connectivity index (χ1) is 9.02. The number of hydrogen-bond donors (Lipinski definition) is 1. The molecule has 1 aliphatic heterocycles. The van der Waals surface area contributed by atoms with Gasteiger partial charge in [-0.15, -0.1) is 10.2 Å². The summed E-state index contributed by atoms with van der Waals surface area (Å²) in [4.78, 5) is 35.2. The molecule has 100 valence electrons. The molecule has 2 amide bonds. The highest BCUT2D eigenvalue weighted by Gasteiger charge is 2.36. The van der Waals surface area contributed by atoms with Crippen LogP contribution in [0.3, 0.4) is 0 Å². The third kappa shape index (κ3) is 2.51. The number of nitrogens with zero attached hydrogens (tertiary/aromatic N) is 3. The summed E-state index contributed by atoms with van der Waals surface area (Å²) in [5.41, 5.74) is 0.0685. The molecule has 19 heavy (non-hydrogen) atoms. The molecule has 1 unspecified atom stereocenters. The standard InChI is InChI=1S/C11H12N4O4/c1-15-9(16)5-7(10(15)17)12-8-4-3-6(13-14-8)11(18)19-2/h3-4,7H,5H2,1-2H3,(H,12,14). The van der Waals surface area contributed by atoms with Crippen LogP contribution < -0.4 is 5.32 Å². The third-order valence-corrected chi connectivity index (χ3v) is 2.76. The fourth-order valence-corrected chi connectivity index (χ4v) is 1.67. The fourth-order valence-electron chi connectivity index (χ4n) is 1.67. The van der Waals surface area contributed by atoms with Crippen LogP contribution in [0, 0.1) is 0 Å². The minimum Gasteiger partial charge on any atom is -0.464 e. The van der Waals surface area contributed by atoms with E-state index in [0.29, 0.717) is 5.82 Å². The lowest BCUT2D eigenvalue weighted by molar-refractivity contribution is -0.136. The molecular weight excluding hydrogens is 252 g/mol. The molecule has 0 saturated carbocycles. The van der Waals surface area contributed by atoms with Crippen molar-refractivity contribution in [3.63, 3.8) is 0 Å². The van der Waals surface area contributed by atoms with Gasteiger partial charge in [0, 0.05) is 7.05 Å². The van der Waals surface area contributed by atoms with Gasteiger partial charge in [-0.1, -0.05) is 0 Å². The van der Waals surface area contributed by atoms with Crippen molar-refractivity contribution >= 4 is 23.6 Å². The van der Waals surface area contributed by atoms with Gasteiger partial charge in [-0.05, 0) is 12.1 Å². The second kappa shape index (κ2) is 5.01. The minimum absolute atomic E-state index is 0.0685. The Morgan fingerprint density at radius 1 is 1.42 bits per heavy atom. The molecule has 8 heteroatoms. The fraction of sp³-hybridized carbons (Fsp3) is 0.364. The number of anilines is 1. The highest BCUT2D eigenvalue weighted by atomic mass is 16.5. The molecule has 0 radical (unpaired) electrons. The van der Waals surface area contributed by atoms with Gasteiger partial charge in [-0.2, -0.15) is 0 Å². The van der Waals surface area contributed by atoms with E-state index in [1.165, 1.54) is 26.3 Å². The van der Waals surface area contributed by atoms with Crippen LogP contribution in [0.1, 0.15) is 16.9 Å². The number of likely N-dealkylation sites (tertiary alicyclic amines) is 1. The van der Waals surface area contributed by atoms with Gasteiger partial charge in [0.1, 0.15) is 11.9 Å². The molecule has 2 heterocycles. The Bertz CT molecular complexity index is 528. The van der Waals surface area contributed by atoms with Gasteiger partial charge in [0.15, 0.2) is 5.69 Å². The Labute approximate surface area is 108 Å². The van der Waals surface area contributed by atoms with Gasteiger partial charge < -0.3 is 10.1 Å². The highest BCUT2D eigenvalue weighted by molar-refractivity contribution is 6.06. The van der Waals surface area contributed by atoms with E-state index in [9.17, 15) is 14.4 Å². The second-order valence-electron chi connectivity index (χ2n) is 3.99. The van der Waals surface area contributed by atoms with Gasteiger partial charge in [-0.25, -0.2) is 4.79 Å². The number of amides is 2. The van der Waals surface area contributed by atoms with Gasteiger partial charge in [0.2, 0.25) is 5.91 Å². The molecule has 1 saturated heterocycles. The number of esters is 1. The molecule has 8 nitrogen and oxygen atoms in total. The van der Waals surface area contributed by atoms with Gasteiger partial charge in [-0.3, -0.25) is 14.5 Å². The van der Waals surface area contributed by atoms with E-state index in [1.54, 1.807) is 0 Å². The number of imide groups is 1. The zero-order valence-electron chi connectivity index (χ0n) is 10.4. The largest absolute Gasteiger partial charge is 0.464 e. The summed E-state index contributed by atoms with van der Waals surface area (Å²) in [5, 5.41) is 10.2. The van der Waals surface area contributed by atoms with E-state index in [-0.39, 0.29) is 23.9 Å². The molecule has 1 fully saturated rings. The Morgan fingerprint density at radius 2 is 2.16 bits per heavy atom. The van der Waals surface area contributed by atoms with Crippen LogP contribution in [-0.2, 0) is 14.3 Å². The summed E-state index contributed by atoms with van der Waals surface area (Å²) in [5.74, 6) is -0.842. The van der Waals surface area contributed by atoms with E-state index in [2.05, 4.69) is 20.3 Å². The van der Waals surface area contributed by atoms with E-state index >= 15 is 0 Å². The van der Waals surface area contributed by atoms with Gasteiger partial charge in [0.05, 0.1) is 13.5 Å². The number of rotatable bonds is 3. The SMILES string of the molecule is COC(=O)c1ccc(NC2CC(=O)N(C)C2=O)nn1. The Morgan fingerprint density at radius 3 is 2.63 bits per heavy atom. The normalized spacial score (nSPS) is 18.6. The molecule has 0 aromatic carbocycles. The van der Waals surface area contributed by atoms with Crippen molar-refractivity contribution < 1.29 is 19.1 Å². The number of aromatic nitrogens is 2. The van der Waals surface area contributed by atoms with Gasteiger partial charge >= 0.3 is 5.97 Å². The number of likely N-dealkylation sites (N-methyl/N-ethyl adjacent to an activating group) is 1. The van der Waals surface area contributed by atoms with Crippen molar-refractivity contribution in [1.82, 2.24) is 15.1 Å². The topological polar surface area (TPSA) is 101 Å². The van der Waals surface area contributed by atoms with E-state index in [0.717, 1.165) is 4.90 Å². The molecule has 1 atom stereocenters. The second-order valence-corrected chi connectivity index (χ2v) is 3.99. The molecule has 2 rings (SSSR count). The highest BCUT2D eigenvalue weighted by Crippen LogP contribution is 2.15. The van der Waals surface area contributed by atoms with E-state index in [4.69, 9.17) is 0 Å². The van der Waals surface area contributed by atoms with Crippen molar-refractivity contribution in [1.29, 1.82) is 0 Å². The Hall–Kier alpha value is -2.51. The van der Waals surface area contributed by atoms with Crippen LogP contribution in [-0.4, -0.2) is 53.1 Å². The molecule has 1 aromatic heterocycles. The van der Waals surface area contributed by atoms with Crippen LogP contribution in [0.15, 0.2) is 12.1 Å². The number of hydrogen-bond acceptors (Lipinski definition) is 7. The molecule has 0 aliphatic carbocycles. The number of ether oxygens (including phenoxy) is 1. The molecule has 1 N–H and O–H groups in total. The summed E-state index contributed by atoms with van der Waals surface area (Å²) in [6, 6.07) is 2.28. The zero-order chi connectivity index (χ0) is 14.0. The third-order valence-electron chi connectivity index (χ3n) is 2.76. The van der Waals surface area contributed by atoms with Crippen LogP contribution >= 0.6 is 0 Å². The maximum atomic E-state index is 11.7. The van der Waals surface area contributed by atoms with Crippen molar-refractivity contribution in [3.05, 3.63) is 17.8 Å². The summed E-state index contributed by atoms with van der Waals surface area (Å²) in [7, 11) is 2.67. The molecule has 0 bridgehead atoms. The van der Waals surface area contributed by atoms with Crippen LogP contribution in [0.25, 0.3) is 0 Å². The number of nitrogens with one attached hydrogen (secondary N) is 1. The zero-order valence-corrected chi connectivity index (χ0v) is 10.4. The lowest BCUT2D eigenvalue weighted by Crippen LogP contribution is -2.32. The predicted octanol–water partition coefficient (Wildman–Crippen LogP) is -0.568. The van der Waals surface area contributed by atoms with Crippen molar-refractivity contribution in [2.75, 3.05) is 19.5 Å². The summed E-state index contributed by atoms with van der Waals surface area (Å²) in [6.45, 7) is 0. The number of carbonyl (C=O) groups excluding carboxylic acids is 3. The first-order valence-electron chi connectivity index (χ1n) is 5.52. The van der Waals surface area contributed by atoms with Crippen molar-refractivity contribution in [2.24, 2.45) is 0 Å². The van der Waals surface area contributed by atoms with Crippen molar-refractivity contribution in [3.8, 4) is 0 Å². The lowest BCUT2D eigenvalue weighted by Gasteiger charge is -2.10. The first kappa shape index (κ1) is 12.9. The summed E-state index contributed by atoms with van der Waals surface area (Å²) in [6.07, 6.45) is 0.0791. The molecular formula is C11H12N4O4. The predicted molar refractivity (Wildman–Crippen MR) is 63.2 cm³/mol. The van der Waals surface area contributed by atoms with Gasteiger partial charge in [0.25, 0.3) is 5.91 Å². The average Bonchev–Trinajstić information content (AvgIpc) is 2.66. The van der Waals surface area contributed by atoms with Crippen molar-refractivity contribution in [2.45, 2.75) is 12.5 Å². The maximum absolute atomic E-state index is 11.7. The Balaban J connectivity index is 2.06. The molecule has 1 aliphatic rings. The van der Waals surface area contributed by atoms with E-state index in [1.807, 2.05) is 0 Å². The smallest absolute Gasteiger partial charge is 0.358 e. The number of methoxy groups -OCH3 is 1. The summed E-state index contributed by atoms with van der Waals surface area (Å²) < 4.78 is 4.49. The van der Waals surface area contributed by atoms with Crippen LogP contribution in [0.2, 0.25) is 0 Å². The van der Waals surface area contributed by atoms with E-state index < -0.39 is 12.0 Å². The van der Waals surface area contributed by atoms with Crippen LogP contribution in [0.4, 0.5) is 5.82 Å². The quantitative estimate of drug-likeness (QED) is 0.576. The Kier molecular flexibility index (Phi) is 3.41. The maximum Gasteiger partial charge on any atom is 0.358 e. The average molecular weight is 264 g/mol.